The molecular formula is C22H22O2. The van der Waals surface area contributed by atoms with Crippen LogP contribution in [0, 0.1) is 0 Å². The lowest BCUT2D eigenvalue weighted by Gasteiger charge is -2.06. The zero-order valence-corrected chi connectivity index (χ0v) is 14.2. The lowest BCUT2D eigenvalue weighted by atomic mass is 10.0. The van der Waals surface area contributed by atoms with Gasteiger partial charge in [-0.05, 0) is 43.2 Å². The summed E-state index contributed by atoms with van der Waals surface area (Å²) < 4.78 is 5.69. The average Bonchev–Trinajstić information content (AvgIpc) is 2.60. The Bertz CT molecular complexity index is 748. The molecule has 0 aliphatic carbocycles. The lowest BCUT2D eigenvalue weighted by Crippen LogP contribution is -1.93. The molecule has 0 aliphatic heterocycles. The Hall–Kier alpha value is -2.87. The van der Waals surface area contributed by atoms with Gasteiger partial charge >= 0.3 is 0 Å². The van der Waals surface area contributed by atoms with Gasteiger partial charge in [-0.1, -0.05) is 66.8 Å². The summed E-state index contributed by atoms with van der Waals surface area (Å²) >= 11 is 0. The van der Waals surface area contributed by atoms with Gasteiger partial charge in [0.05, 0.1) is 0 Å². The first kappa shape index (κ1) is 17.5. The molecule has 0 radical (unpaired) electrons. The molecule has 0 bridgehead atoms. The molecule has 2 aromatic rings. The summed E-state index contributed by atoms with van der Waals surface area (Å²) in [6.07, 6.45) is 7.70. The van der Waals surface area contributed by atoms with E-state index in [1.807, 2.05) is 73.7 Å². The molecule has 0 saturated carbocycles. The Morgan fingerprint density at radius 3 is 2.12 bits per heavy atom. The van der Waals surface area contributed by atoms with Crippen molar-refractivity contribution in [2.24, 2.45) is 0 Å². The number of carbonyl (C=O) groups excluding carboxylic acids is 1. The second kappa shape index (κ2) is 8.68. The van der Waals surface area contributed by atoms with Gasteiger partial charge in [-0.25, -0.2) is 0 Å². The summed E-state index contributed by atoms with van der Waals surface area (Å²) in [5, 5.41) is 0. The highest BCUT2D eigenvalue weighted by Crippen LogP contribution is 2.23. The number of allylic oxidation sites excluding steroid dienone is 4. The SMILES string of the molecule is C=C/C=C(C)\C=C/COc1ccc(-c2ccc(C(C)=O)cc2)cc1. The summed E-state index contributed by atoms with van der Waals surface area (Å²) in [5.41, 5.74) is 4.04. The average molecular weight is 318 g/mol. The Morgan fingerprint density at radius 1 is 1.00 bits per heavy atom. The molecule has 122 valence electrons. The van der Waals surface area contributed by atoms with Crippen LogP contribution in [0.3, 0.4) is 0 Å². The molecule has 0 saturated heterocycles. The zero-order valence-electron chi connectivity index (χ0n) is 14.2. The predicted molar refractivity (Wildman–Crippen MR) is 100 cm³/mol. The molecule has 2 heteroatoms. The highest BCUT2D eigenvalue weighted by atomic mass is 16.5. The third kappa shape index (κ3) is 5.10. The van der Waals surface area contributed by atoms with Crippen molar-refractivity contribution in [3.8, 4) is 16.9 Å². The molecule has 2 rings (SSSR count). The number of ketones is 1. The number of hydrogen-bond donors (Lipinski definition) is 0. The molecule has 0 amide bonds. The van der Waals surface area contributed by atoms with E-state index in [4.69, 9.17) is 4.74 Å². The van der Waals surface area contributed by atoms with Gasteiger partial charge in [-0.3, -0.25) is 4.79 Å². The second-order valence-corrected chi connectivity index (χ2v) is 5.52. The van der Waals surface area contributed by atoms with Crippen molar-refractivity contribution in [1.29, 1.82) is 0 Å². The van der Waals surface area contributed by atoms with Gasteiger partial charge in [-0.15, -0.1) is 0 Å². The van der Waals surface area contributed by atoms with Crippen LogP contribution in [0.4, 0.5) is 0 Å². The number of hydrogen-bond acceptors (Lipinski definition) is 2. The fourth-order valence-electron chi connectivity index (χ4n) is 2.26. The molecule has 0 heterocycles. The van der Waals surface area contributed by atoms with Gasteiger partial charge in [0.25, 0.3) is 0 Å². The third-order valence-electron chi connectivity index (χ3n) is 3.59. The molecule has 0 spiro atoms. The normalized spacial score (nSPS) is 11.5. The Kier molecular flexibility index (Phi) is 6.32. The van der Waals surface area contributed by atoms with E-state index in [0.29, 0.717) is 6.61 Å². The van der Waals surface area contributed by atoms with E-state index < -0.39 is 0 Å². The van der Waals surface area contributed by atoms with Crippen LogP contribution in [0.5, 0.6) is 5.75 Å². The zero-order chi connectivity index (χ0) is 17.4. The number of Topliss-reactive ketones (excluding diaryl/α,β-unsaturated/α-hetero) is 1. The highest BCUT2D eigenvalue weighted by Gasteiger charge is 2.01. The van der Waals surface area contributed by atoms with E-state index in [0.717, 1.165) is 28.0 Å². The molecule has 2 nitrogen and oxygen atoms in total. The first-order valence-electron chi connectivity index (χ1n) is 7.90. The van der Waals surface area contributed by atoms with Crippen molar-refractivity contribution in [2.45, 2.75) is 13.8 Å². The van der Waals surface area contributed by atoms with Crippen LogP contribution in [-0.2, 0) is 0 Å². The topological polar surface area (TPSA) is 26.3 Å². The minimum atomic E-state index is 0.0801. The van der Waals surface area contributed by atoms with Crippen LogP contribution in [0.25, 0.3) is 11.1 Å². The quantitative estimate of drug-likeness (QED) is 0.489. The van der Waals surface area contributed by atoms with Crippen LogP contribution in [-0.4, -0.2) is 12.4 Å². The maximum absolute atomic E-state index is 11.3. The minimum absolute atomic E-state index is 0.0801. The minimum Gasteiger partial charge on any atom is -0.490 e. The summed E-state index contributed by atoms with van der Waals surface area (Å²) in [7, 11) is 0. The summed E-state index contributed by atoms with van der Waals surface area (Å²) in [4.78, 5) is 11.3. The predicted octanol–water partition coefficient (Wildman–Crippen LogP) is 5.62. The monoisotopic (exact) mass is 318 g/mol. The second-order valence-electron chi connectivity index (χ2n) is 5.52. The smallest absolute Gasteiger partial charge is 0.159 e. The van der Waals surface area contributed by atoms with Crippen molar-refractivity contribution in [1.82, 2.24) is 0 Å². The van der Waals surface area contributed by atoms with Crippen LogP contribution in [0.2, 0.25) is 0 Å². The first-order valence-corrected chi connectivity index (χ1v) is 7.90. The van der Waals surface area contributed by atoms with Gasteiger partial charge in [0.15, 0.2) is 5.78 Å². The maximum Gasteiger partial charge on any atom is 0.159 e. The number of rotatable bonds is 7. The lowest BCUT2D eigenvalue weighted by molar-refractivity contribution is 0.101. The summed E-state index contributed by atoms with van der Waals surface area (Å²) in [6.45, 7) is 7.78. The molecular weight excluding hydrogens is 296 g/mol. The van der Waals surface area contributed by atoms with Crippen molar-refractivity contribution in [3.05, 3.63) is 90.6 Å². The first-order chi connectivity index (χ1) is 11.6. The number of ether oxygens (including phenoxy) is 1. The molecule has 0 aromatic heterocycles. The van der Waals surface area contributed by atoms with Crippen LogP contribution in [0.15, 0.2) is 85.0 Å². The highest BCUT2D eigenvalue weighted by molar-refractivity contribution is 5.94. The van der Waals surface area contributed by atoms with E-state index in [1.165, 1.54) is 0 Å². The molecule has 0 N–H and O–H groups in total. The van der Waals surface area contributed by atoms with E-state index in [-0.39, 0.29) is 5.78 Å². The number of benzene rings is 2. The Labute approximate surface area is 143 Å². The standard InChI is InChI=1S/C22H22O2/c1-4-6-17(2)7-5-16-24-22-14-12-21(13-15-22)20-10-8-19(9-11-20)18(3)23/h4-15H,1,16H2,2-3H3/b7-5-,17-6-. The third-order valence-corrected chi connectivity index (χ3v) is 3.59. The molecule has 0 atom stereocenters. The van der Waals surface area contributed by atoms with Crippen molar-refractivity contribution >= 4 is 5.78 Å². The van der Waals surface area contributed by atoms with Crippen molar-refractivity contribution in [2.75, 3.05) is 6.61 Å². The fourth-order valence-corrected chi connectivity index (χ4v) is 2.26. The molecule has 0 unspecified atom stereocenters. The van der Waals surface area contributed by atoms with Gasteiger partial charge in [0.2, 0.25) is 0 Å². The van der Waals surface area contributed by atoms with Crippen molar-refractivity contribution < 1.29 is 9.53 Å². The molecule has 24 heavy (non-hydrogen) atoms. The van der Waals surface area contributed by atoms with Gasteiger partial charge in [-0.2, -0.15) is 0 Å². The van der Waals surface area contributed by atoms with Gasteiger partial charge in [0, 0.05) is 5.56 Å². The van der Waals surface area contributed by atoms with E-state index in [1.54, 1.807) is 13.0 Å². The van der Waals surface area contributed by atoms with Crippen LogP contribution < -0.4 is 4.74 Å². The van der Waals surface area contributed by atoms with E-state index in [9.17, 15) is 4.79 Å². The van der Waals surface area contributed by atoms with E-state index in [2.05, 4.69) is 6.58 Å². The van der Waals surface area contributed by atoms with Crippen LogP contribution in [0.1, 0.15) is 24.2 Å². The molecule has 2 aromatic carbocycles. The molecule has 0 fully saturated rings. The van der Waals surface area contributed by atoms with Gasteiger partial charge in [0.1, 0.15) is 12.4 Å². The maximum atomic E-state index is 11.3. The number of carbonyl (C=O) groups is 1. The van der Waals surface area contributed by atoms with Gasteiger partial charge < -0.3 is 4.74 Å². The molecule has 0 aliphatic rings. The Morgan fingerprint density at radius 2 is 1.58 bits per heavy atom. The largest absolute Gasteiger partial charge is 0.490 e. The van der Waals surface area contributed by atoms with Crippen molar-refractivity contribution in [3.63, 3.8) is 0 Å². The fraction of sp³-hybridized carbons (Fsp3) is 0.136. The summed E-state index contributed by atoms with van der Waals surface area (Å²) in [5.74, 6) is 0.908. The van der Waals surface area contributed by atoms with Crippen LogP contribution >= 0.6 is 0 Å². The van der Waals surface area contributed by atoms with E-state index >= 15 is 0 Å². The summed E-state index contributed by atoms with van der Waals surface area (Å²) in [6, 6.07) is 15.6. The Balaban J connectivity index is 1.96.